The Morgan fingerprint density at radius 1 is 0.359 bits per heavy atom. The number of allylic oxidation sites excluding steroid dienone is 24. The molecule has 33 nitrogen and oxygen atoms in total. The van der Waals surface area contributed by atoms with Gasteiger partial charge in [0.15, 0.2) is 24.2 Å². The number of ether oxygens (including phenoxy) is 8. The van der Waals surface area contributed by atoms with E-state index >= 15 is 0 Å². The van der Waals surface area contributed by atoms with E-state index in [2.05, 4.69) is 0 Å². The Labute approximate surface area is 777 Å². The van der Waals surface area contributed by atoms with E-state index in [9.17, 15) is 122 Å². The third-order valence-corrected chi connectivity index (χ3v) is 23.8. The quantitative estimate of drug-likeness (QED) is 0.134. The SMILES string of the molecule is CC1/C=C/C=C/C=C/C=C/C=C/C=C/C=C/C(OC2OC(C)C(O)C(N)C2O)CC2OC(O)(CC(O)CC(O)C(O)CCC(O)CC(O)CC(=O)OC(C)C(C)C1O)CC(O)C2CO.CC1/C=C/C=C/C=C/C=C/C=C/C=C/C=C/C(OC2OC(C)C(O)[CH-]C2O)CC2OC(O)(CC(O)CC(O)C(O)CCC(O)CC(O)CC(=O)OC(C)C(C)C1O)CC(O)C2CO.[Y]. The predicted octanol–water partition coefficient (Wildman–Crippen LogP) is 2.11. The van der Waals surface area contributed by atoms with Crippen LogP contribution in [-0.4, -0.2) is 326 Å². The van der Waals surface area contributed by atoms with Gasteiger partial charge in [-0.3, -0.25) is 16.0 Å². The van der Waals surface area contributed by atoms with E-state index in [0.717, 1.165) is 0 Å². The van der Waals surface area contributed by atoms with E-state index in [1.165, 1.54) is 6.42 Å². The summed E-state index contributed by atoms with van der Waals surface area (Å²) in [5.74, 6) is -8.94. The van der Waals surface area contributed by atoms with Gasteiger partial charge in [0.25, 0.3) is 0 Å². The topological polar surface area (TPSA) is 579 Å². The second-order valence-electron chi connectivity index (χ2n) is 34.7. The van der Waals surface area contributed by atoms with Crippen LogP contribution in [0, 0.1) is 41.9 Å². The van der Waals surface area contributed by atoms with Crippen LogP contribution in [-0.2, 0) is 80.2 Å². The van der Waals surface area contributed by atoms with Crippen molar-refractivity contribution >= 4 is 11.9 Å². The van der Waals surface area contributed by atoms with Crippen molar-refractivity contribution in [2.75, 3.05) is 13.2 Å². The van der Waals surface area contributed by atoms with E-state index in [-0.39, 0.29) is 95.9 Å². The number of esters is 2. The zero-order valence-electron chi connectivity index (χ0n) is 74.8. The second-order valence-corrected chi connectivity index (χ2v) is 34.7. The van der Waals surface area contributed by atoms with Crippen molar-refractivity contribution in [2.24, 2.45) is 41.2 Å². The molecule has 0 amide bonds. The molecule has 24 N–H and O–H groups in total. The van der Waals surface area contributed by atoms with Gasteiger partial charge in [-0.2, -0.15) is 0 Å². The number of cyclic esters (lactones) is 2. The maximum Gasteiger partial charge on any atom is 0.308 e. The number of hydrogen-bond donors (Lipinski definition) is 23. The van der Waals surface area contributed by atoms with Crippen LogP contribution >= 0.6 is 0 Å². The summed E-state index contributed by atoms with van der Waals surface area (Å²) in [6.07, 6.45) is 14.5. The minimum absolute atomic E-state index is 0. The van der Waals surface area contributed by atoms with E-state index in [4.69, 9.17) is 43.6 Å². The molecule has 0 aliphatic carbocycles. The number of aliphatic hydroxyl groups is 22. The fourth-order valence-electron chi connectivity index (χ4n) is 15.7. The van der Waals surface area contributed by atoms with Crippen LogP contribution < -0.4 is 5.73 Å². The fourth-order valence-corrected chi connectivity index (χ4v) is 15.7. The molecule has 6 aliphatic rings. The normalized spacial score (nSPS) is 45.4. The van der Waals surface area contributed by atoms with Gasteiger partial charge >= 0.3 is 11.9 Å². The van der Waals surface area contributed by atoms with Gasteiger partial charge in [-0.1, -0.05) is 198 Å². The molecule has 4 bridgehead atoms. The first-order chi connectivity index (χ1) is 60.1. The van der Waals surface area contributed by atoms with Crippen molar-refractivity contribution in [3.05, 3.63) is 177 Å². The van der Waals surface area contributed by atoms with Gasteiger partial charge in [-0.05, 0) is 78.4 Å². The third-order valence-electron chi connectivity index (χ3n) is 23.8. The molecule has 0 aromatic heterocycles. The smallest absolute Gasteiger partial charge is 0.308 e. The number of hydrogen-bond acceptors (Lipinski definition) is 33. The molecule has 0 spiro atoms. The number of nitrogens with two attached hydrogens (primary N) is 1. The molecule has 6 aliphatic heterocycles. The van der Waals surface area contributed by atoms with E-state index in [0.29, 0.717) is 0 Å². The zero-order chi connectivity index (χ0) is 94.3. The molecule has 725 valence electrons. The molecular weight excluding hydrogens is 1740 g/mol. The predicted molar refractivity (Wildman–Crippen MR) is 469 cm³/mol. The van der Waals surface area contributed by atoms with Crippen LogP contribution in [0.3, 0.4) is 0 Å². The molecular formula is C94H148NO32Y-. The molecule has 1 radical (unpaired) electrons. The second kappa shape index (κ2) is 59.9. The average Bonchev–Trinajstić information content (AvgIpc) is 0.792. The molecule has 34 heteroatoms. The van der Waals surface area contributed by atoms with Crippen LogP contribution in [0.1, 0.15) is 158 Å². The van der Waals surface area contributed by atoms with Crippen molar-refractivity contribution < 1.29 is 193 Å². The summed E-state index contributed by atoms with van der Waals surface area (Å²) in [6, 6.07) is -1.09. The fraction of sp³-hybridized carbons (Fsp3) is 0.670. The largest absolute Gasteiger partial charge is 0.462 e. The summed E-state index contributed by atoms with van der Waals surface area (Å²) >= 11 is 0. The Morgan fingerprint density at radius 3 is 1.04 bits per heavy atom. The molecule has 0 aromatic rings. The van der Waals surface area contributed by atoms with Gasteiger partial charge in [-0.15, -0.1) is 0 Å². The minimum Gasteiger partial charge on any atom is -0.462 e. The van der Waals surface area contributed by atoms with Crippen molar-refractivity contribution in [3.8, 4) is 0 Å². The Bertz CT molecular complexity index is 3590. The van der Waals surface area contributed by atoms with Gasteiger partial charge in [0.05, 0.1) is 160 Å². The van der Waals surface area contributed by atoms with Gasteiger partial charge in [-0.25, -0.2) is 0 Å². The molecule has 128 heavy (non-hydrogen) atoms. The number of carbonyl (C=O) groups is 2. The molecule has 37 atom stereocenters. The minimum atomic E-state index is -2.16. The number of aliphatic hydroxyl groups excluding tert-OH is 20. The number of rotatable bonds is 6. The van der Waals surface area contributed by atoms with Crippen LogP contribution in [0.4, 0.5) is 0 Å². The Morgan fingerprint density at radius 2 is 0.688 bits per heavy atom. The molecule has 6 heterocycles. The van der Waals surface area contributed by atoms with E-state index in [1.807, 2.05) is 111 Å². The first-order valence-corrected chi connectivity index (χ1v) is 44.3. The number of fused-ring (bicyclic) bond motifs is 4. The third kappa shape index (κ3) is 41.6. The monoisotopic (exact) mass is 1890 g/mol. The molecule has 0 saturated carbocycles. The van der Waals surface area contributed by atoms with Crippen molar-refractivity contribution in [2.45, 2.75) is 347 Å². The van der Waals surface area contributed by atoms with Crippen molar-refractivity contribution in [3.63, 3.8) is 0 Å². The zero-order valence-corrected chi connectivity index (χ0v) is 77.6. The first-order valence-electron chi connectivity index (χ1n) is 44.3. The molecule has 6 rings (SSSR count). The van der Waals surface area contributed by atoms with Crippen molar-refractivity contribution in [1.82, 2.24) is 0 Å². The van der Waals surface area contributed by atoms with Crippen LogP contribution in [0.5, 0.6) is 0 Å². The average molecular weight is 1890 g/mol. The summed E-state index contributed by atoms with van der Waals surface area (Å²) in [5, 5.41) is 236. The van der Waals surface area contributed by atoms with Gasteiger partial charge in [0.2, 0.25) is 0 Å². The Balaban J connectivity index is 0.000000532. The van der Waals surface area contributed by atoms with Crippen LogP contribution in [0.25, 0.3) is 0 Å². The van der Waals surface area contributed by atoms with E-state index in [1.54, 1.807) is 114 Å². The van der Waals surface area contributed by atoms with E-state index < -0.39 is 289 Å². The standard InChI is InChI=1S/C47H75NO16.C47H73O16.Y/c1-28-17-15-13-11-9-7-5-6-8-10-12-14-16-18-35(63-46-45(59)42(48)44(58)31(4)62-46)24-40-36(27-49)39(55)26-47(60,64-40)25-34(52)22-38(54)37(53)20-19-32(50)21-33(51)23-41(56)61-30(3)29(2)43(28)57;1-29-17-15-13-11-9-7-5-6-8-10-12-14-16-18-36(62-46-41(55)25-39(53)32(4)61-46)24-43-37(28-48)42(56)27-47(59,63-43)26-35(51)22-40(54)38(52)20-19-33(49)21-34(50)23-44(57)60-31(3)30(2)45(29)58;/h5-18,28-40,42-46,49-55,57-60H,19-27,48H2,1-4H3;5-18,25,29-43,45-46,48-56,58-59H,19-24,26-28H2,1-4H3;/q;-1;/b2*6-5+,9-7+,10-8+,13-11+,14-12+,17-15+,18-16+;. The van der Waals surface area contributed by atoms with Crippen LogP contribution in [0.2, 0.25) is 0 Å². The van der Waals surface area contributed by atoms with Gasteiger partial charge in [0, 0.05) is 120 Å². The van der Waals surface area contributed by atoms with Gasteiger partial charge < -0.3 is 156 Å². The van der Waals surface area contributed by atoms with Crippen molar-refractivity contribution in [1.29, 1.82) is 0 Å². The molecule has 4 fully saturated rings. The Kier molecular flexibility index (Phi) is 54.1. The first kappa shape index (κ1) is 116. The summed E-state index contributed by atoms with van der Waals surface area (Å²) in [7, 11) is 0. The van der Waals surface area contributed by atoms with Crippen LogP contribution in [0.15, 0.2) is 170 Å². The summed E-state index contributed by atoms with van der Waals surface area (Å²) in [4.78, 5) is 25.2. The number of carbonyl (C=O) groups excluding carboxylic acids is 2. The maximum atomic E-state index is 12.6. The molecule has 4 saturated heterocycles. The maximum absolute atomic E-state index is 12.6. The molecule has 37 unspecified atom stereocenters. The summed E-state index contributed by atoms with van der Waals surface area (Å²) in [5.41, 5.74) is 6.04. The van der Waals surface area contributed by atoms with Gasteiger partial charge in [0.1, 0.15) is 18.3 Å². The molecule has 0 aromatic carbocycles. The summed E-state index contributed by atoms with van der Waals surface area (Å²) in [6.45, 7) is 12.6. The summed E-state index contributed by atoms with van der Waals surface area (Å²) < 4.78 is 46.8. The Hall–Kier alpha value is -4.76.